The molecule has 0 spiro atoms. The van der Waals surface area contributed by atoms with Crippen LogP contribution in [0, 0.1) is 5.82 Å². The molecule has 0 radical (unpaired) electrons. The van der Waals surface area contributed by atoms with E-state index in [0.29, 0.717) is 47.6 Å². The molecule has 3 aromatic carbocycles. The van der Waals surface area contributed by atoms with E-state index >= 15 is 0 Å². The Labute approximate surface area is 209 Å². The fourth-order valence-electron chi connectivity index (χ4n) is 3.98. The number of nitrogens with one attached hydrogen (secondary N) is 1. The van der Waals surface area contributed by atoms with Crippen molar-refractivity contribution in [3.8, 4) is 11.5 Å². The van der Waals surface area contributed by atoms with Crippen LogP contribution >= 0.6 is 0 Å². The summed E-state index contributed by atoms with van der Waals surface area (Å²) in [5.74, 6) is -2.04. The molecule has 2 amide bonds. The van der Waals surface area contributed by atoms with Crippen LogP contribution in [-0.4, -0.2) is 17.8 Å². The number of hydrogen-bond donors (Lipinski definition) is 1. The summed E-state index contributed by atoms with van der Waals surface area (Å²) in [6, 6.07) is 13.0. The van der Waals surface area contributed by atoms with Gasteiger partial charge < -0.3 is 9.47 Å². The van der Waals surface area contributed by atoms with Crippen LogP contribution in [0.2, 0.25) is 0 Å². The maximum absolute atomic E-state index is 13.7. The predicted octanol–water partition coefficient (Wildman–Crippen LogP) is 6.30. The lowest BCUT2D eigenvalue weighted by molar-refractivity contribution is -0.140. The Morgan fingerprint density at radius 1 is 1.03 bits per heavy atom. The molecule has 3 aromatic rings. The first-order chi connectivity index (χ1) is 17.4. The predicted molar refractivity (Wildman–Crippen MR) is 124 cm³/mol. The third-order valence-corrected chi connectivity index (χ3v) is 5.93. The molecule has 0 saturated carbocycles. The number of benzene rings is 3. The van der Waals surface area contributed by atoms with Crippen LogP contribution in [0.4, 0.5) is 22.4 Å². The van der Waals surface area contributed by atoms with E-state index in [0.717, 1.165) is 6.07 Å². The molecule has 1 N–H and O–H groups in total. The number of ketones is 1. The number of alkyl halides is 3. The molecule has 192 valence electrons. The molecule has 6 nitrogen and oxygen atoms in total. The summed E-state index contributed by atoms with van der Waals surface area (Å²) in [6.45, 7) is 3.36. The Kier molecular flexibility index (Phi) is 6.77. The van der Waals surface area contributed by atoms with Gasteiger partial charge in [-0.15, -0.1) is 0 Å². The van der Waals surface area contributed by atoms with E-state index in [-0.39, 0.29) is 11.1 Å². The maximum Gasteiger partial charge on any atom is 0.419 e. The molecule has 37 heavy (non-hydrogen) atoms. The van der Waals surface area contributed by atoms with Gasteiger partial charge >= 0.3 is 12.3 Å². The lowest BCUT2D eigenvalue weighted by Crippen LogP contribution is -2.33. The zero-order valence-corrected chi connectivity index (χ0v) is 19.7. The van der Waals surface area contributed by atoms with Gasteiger partial charge in [-0.05, 0) is 67.4 Å². The first-order valence-corrected chi connectivity index (χ1v) is 11.3. The summed E-state index contributed by atoms with van der Waals surface area (Å²) in [4.78, 5) is 36.7. The minimum absolute atomic E-state index is 0.117. The standard InChI is InChI=1S/C27H21F4NO5/c1-3-5-15-12-16(23(33)17-8-10-21(28)20(13-17)27(29,30)31)9-11-22(15)36-19-7-4-6-18(14-19)26(2)24(34)32-25(35)37-26/h4,6-14H,3,5H2,1-2H3,(H,32,34,35)/t26-/m1/s1. The molecule has 1 fully saturated rings. The van der Waals surface area contributed by atoms with Gasteiger partial charge in [-0.2, -0.15) is 13.2 Å². The molecular weight excluding hydrogens is 494 g/mol. The van der Waals surface area contributed by atoms with Gasteiger partial charge in [0, 0.05) is 16.7 Å². The number of hydrogen-bond acceptors (Lipinski definition) is 5. The topological polar surface area (TPSA) is 81.7 Å². The second-order valence-corrected chi connectivity index (χ2v) is 8.60. The first kappa shape index (κ1) is 25.9. The lowest BCUT2D eigenvalue weighted by Gasteiger charge is -2.20. The number of carbonyl (C=O) groups excluding carboxylic acids is 3. The Hall–Kier alpha value is -4.21. The number of ether oxygens (including phenoxy) is 2. The van der Waals surface area contributed by atoms with Crippen LogP contribution in [0.5, 0.6) is 11.5 Å². The van der Waals surface area contributed by atoms with Gasteiger partial charge in [0.2, 0.25) is 5.60 Å². The van der Waals surface area contributed by atoms with Gasteiger partial charge in [0.1, 0.15) is 17.3 Å². The number of cyclic esters (lactones) is 1. The van der Waals surface area contributed by atoms with Crippen LogP contribution in [0.1, 0.15) is 52.9 Å². The van der Waals surface area contributed by atoms with E-state index in [1.165, 1.54) is 25.1 Å². The molecule has 1 aliphatic heterocycles. The number of alkyl carbamates (subject to hydrolysis) is 1. The summed E-state index contributed by atoms with van der Waals surface area (Å²) in [5, 5.41) is 2.09. The molecule has 0 bridgehead atoms. The summed E-state index contributed by atoms with van der Waals surface area (Å²) < 4.78 is 64.1. The fraction of sp³-hybridized carbons (Fsp3) is 0.222. The van der Waals surface area contributed by atoms with Crippen molar-refractivity contribution in [1.29, 1.82) is 0 Å². The van der Waals surface area contributed by atoms with Crippen LogP contribution in [0.15, 0.2) is 60.7 Å². The summed E-state index contributed by atoms with van der Waals surface area (Å²) in [7, 11) is 0. The number of aryl methyl sites for hydroxylation is 1. The van der Waals surface area contributed by atoms with E-state index in [1.807, 2.05) is 6.92 Å². The highest BCUT2D eigenvalue weighted by molar-refractivity contribution is 6.09. The highest BCUT2D eigenvalue weighted by atomic mass is 19.4. The average Bonchev–Trinajstić information content (AvgIpc) is 3.11. The van der Waals surface area contributed by atoms with Crippen molar-refractivity contribution in [2.24, 2.45) is 0 Å². The zero-order valence-electron chi connectivity index (χ0n) is 19.7. The molecule has 1 aliphatic rings. The van der Waals surface area contributed by atoms with E-state index < -0.39 is 40.9 Å². The minimum atomic E-state index is -4.94. The third kappa shape index (κ3) is 5.18. The maximum atomic E-state index is 13.7. The van der Waals surface area contributed by atoms with Gasteiger partial charge in [0.05, 0.1) is 5.56 Å². The van der Waals surface area contributed by atoms with E-state index in [9.17, 15) is 31.9 Å². The molecule has 0 aromatic heterocycles. The summed E-state index contributed by atoms with van der Waals surface area (Å²) in [6.07, 6.45) is -4.62. The van der Waals surface area contributed by atoms with Crippen molar-refractivity contribution >= 4 is 17.8 Å². The van der Waals surface area contributed by atoms with E-state index in [2.05, 4.69) is 5.32 Å². The number of amides is 2. The Morgan fingerprint density at radius 3 is 2.38 bits per heavy atom. The third-order valence-electron chi connectivity index (χ3n) is 5.93. The second-order valence-electron chi connectivity index (χ2n) is 8.60. The smallest absolute Gasteiger partial charge is 0.419 e. The quantitative estimate of drug-likeness (QED) is 0.295. The van der Waals surface area contributed by atoms with Gasteiger partial charge in [0.25, 0.3) is 5.91 Å². The van der Waals surface area contributed by atoms with Crippen molar-refractivity contribution in [2.45, 2.75) is 38.5 Å². The van der Waals surface area contributed by atoms with Crippen molar-refractivity contribution in [3.63, 3.8) is 0 Å². The van der Waals surface area contributed by atoms with Gasteiger partial charge in [0.15, 0.2) is 5.78 Å². The Bertz CT molecular complexity index is 1400. The molecule has 1 saturated heterocycles. The Morgan fingerprint density at radius 2 is 1.73 bits per heavy atom. The van der Waals surface area contributed by atoms with Crippen LogP contribution < -0.4 is 10.1 Å². The lowest BCUT2D eigenvalue weighted by atomic mass is 9.95. The van der Waals surface area contributed by atoms with E-state index in [4.69, 9.17) is 9.47 Å². The van der Waals surface area contributed by atoms with Gasteiger partial charge in [-0.3, -0.25) is 14.9 Å². The van der Waals surface area contributed by atoms with Gasteiger partial charge in [-0.25, -0.2) is 9.18 Å². The number of imide groups is 1. The zero-order chi connectivity index (χ0) is 27.0. The molecule has 0 unspecified atom stereocenters. The largest absolute Gasteiger partial charge is 0.457 e. The normalized spacial score (nSPS) is 17.4. The average molecular weight is 515 g/mol. The molecule has 0 aliphatic carbocycles. The molecule has 4 rings (SSSR count). The highest BCUT2D eigenvalue weighted by Gasteiger charge is 2.46. The number of carbonyl (C=O) groups is 3. The molecular formula is C27H21F4NO5. The monoisotopic (exact) mass is 515 g/mol. The summed E-state index contributed by atoms with van der Waals surface area (Å²) >= 11 is 0. The number of halogens is 4. The second kappa shape index (κ2) is 9.68. The van der Waals surface area contributed by atoms with Crippen LogP contribution in [-0.2, 0) is 27.7 Å². The molecule has 1 atom stereocenters. The van der Waals surface area contributed by atoms with Gasteiger partial charge in [-0.1, -0.05) is 25.5 Å². The van der Waals surface area contributed by atoms with Crippen molar-refractivity contribution < 1.29 is 41.4 Å². The van der Waals surface area contributed by atoms with Crippen molar-refractivity contribution in [3.05, 3.63) is 94.3 Å². The van der Waals surface area contributed by atoms with Crippen molar-refractivity contribution in [1.82, 2.24) is 5.32 Å². The molecule has 1 heterocycles. The summed E-state index contributed by atoms with van der Waals surface area (Å²) in [5.41, 5.74) is -2.21. The Balaban J connectivity index is 1.64. The fourth-order valence-corrected chi connectivity index (χ4v) is 3.98. The van der Waals surface area contributed by atoms with Crippen LogP contribution in [0.25, 0.3) is 0 Å². The highest BCUT2D eigenvalue weighted by Crippen LogP contribution is 2.35. The molecule has 10 heteroatoms. The van der Waals surface area contributed by atoms with Crippen molar-refractivity contribution in [2.75, 3.05) is 0 Å². The van der Waals surface area contributed by atoms with E-state index in [1.54, 1.807) is 24.3 Å². The first-order valence-electron chi connectivity index (χ1n) is 11.3. The minimum Gasteiger partial charge on any atom is -0.457 e. The van der Waals surface area contributed by atoms with Crippen LogP contribution in [0.3, 0.4) is 0 Å². The SMILES string of the molecule is CCCc1cc(C(=O)c2ccc(F)c(C(F)(F)F)c2)ccc1Oc1cccc([C@@]2(C)OC(=O)NC2=O)c1. The number of rotatable bonds is 7.